The summed E-state index contributed by atoms with van der Waals surface area (Å²) < 4.78 is 11.5. The highest BCUT2D eigenvalue weighted by Gasteiger charge is 2.28. The van der Waals surface area contributed by atoms with Crippen molar-refractivity contribution in [3.8, 4) is 6.07 Å². The fraction of sp³-hybridized carbons (Fsp3) is 0.375. The number of furan rings is 1. The summed E-state index contributed by atoms with van der Waals surface area (Å²) in [5, 5.41) is 9.00. The van der Waals surface area contributed by atoms with Crippen LogP contribution in [0, 0.1) is 11.3 Å². The van der Waals surface area contributed by atoms with Gasteiger partial charge in [0, 0.05) is 13.0 Å². The van der Waals surface area contributed by atoms with Crippen molar-refractivity contribution in [2.75, 3.05) is 24.7 Å². The molecule has 1 fully saturated rings. The molecule has 1 unspecified atom stereocenters. The van der Waals surface area contributed by atoms with Crippen molar-refractivity contribution in [2.24, 2.45) is 0 Å². The molecule has 5 heteroatoms. The lowest BCUT2D eigenvalue weighted by Gasteiger charge is -2.35. The molecule has 0 aromatic carbocycles. The van der Waals surface area contributed by atoms with Crippen molar-refractivity contribution in [2.45, 2.75) is 19.4 Å². The van der Waals surface area contributed by atoms with E-state index in [0.29, 0.717) is 18.9 Å². The second kappa shape index (κ2) is 5.98. The summed E-state index contributed by atoms with van der Waals surface area (Å²) >= 11 is 0. The van der Waals surface area contributed by atoms with E-state index in [4.69, 9.17) is 14.4 Å². The second-order valence-corrected chi connectivity index (χ2v) is 4.93. The Bertz CT molecular complexity index is 660. The summed E-state index contributed by atoms with van der Waals surface area (Å²) in [6.07, 6.45) is 0.871. The average Bonchev–Trinajstić information content (AvgIpc) is 3.04. The van der Waals surface area contributed by atoms with E-state index in [2.05, 4.69) is 22.9 Å². The fourth-order valence-corrected chi connectivity index (χ4v) is 2.52. The Morgan fingerprint density at radius 3 is 3.05 bits per heavy atom. The van der Waals surface area contributed by atoms with Gasteiger partial charge in [0.05, 0.1) is 13.2 Å². The van der Waals surface area contributed by atoms with Gasteiger partial charge in [0.25, 0.3) is 0 Å². The first-order chi connectivity index (χ1) is 10.3. The lowest BCUT2D eigenvalue weighted by Crippen LogP contribution is -2.40. The predicted molar refractivity (Wildman–Crippen MR) is 77.9 cm³/mol. The number of hydrogen-bond donors (Lipinski definition) is 0. The van der Waals surface area contributed by atoms with E-state index in [1.165, 1.54) is 0 Å². The smallest absolute Gasteiger partial charge is 0.142 e. The number of anilines is 1. The molecule has 1 aliphatic heterocycles. The van der Waals surface area contributed by atoms with Crippen LogP contribution in [0.2, 0.25) is 0 Å². The number of aromatic nitrogens is 1. The molecule has 0 radical (unpaired) electrons. The van der Waals surface area contributed by atoms with Crippen LogP contribution in [0.3, 0.4) is 0 Å². The topological polar surface area (TPSA) is 62.3 Å². The molecule has 21 heavy (non-hydrogen) atoms. The Labute approximate surface area is 123 Å². The van der Waals surface area contributed by atoms with Crippen LogP contribution in [0.1, 0.15) is 30.2 Å². The molecule has 0 bridgehead atoms. The minimum absolute atomic E-state index is 0.000456. The van der Waals surface area contributed by atoms with Gasteiger partial charge >= 0.3 is 0 Å². The number of pyridine rings is 1. The Kier molecular flexibility index (Phi) is 3.89. The molecule has 1 saturated heterocycles. The molecule has 1 aliphatic rings. The molecule has 0 amide bonds. The van der Waals surface area contributed by atoms with Crippen molar-refractivity contribution in [1.82, 2.24) is 4.98 Å². The number of rotatable bonds is 3. The van der Waals surface area contributed by atoms with Crippen molar-refractivity contribution in [1.29, 1.82) is 5.26 Å². The van der Waals surface area contributed by atoms with Gasteiger partial charge < -0.3 is 14.1 Å². The minimum atomic E-state index is 0.000456. The molecule has 0 spiro atoms. The number of ether oxygens (including phenoxy) is 1. The Morgan fingerprint density at radius 2 is 2.29 bits per heavy atom. The molecular weight excluding hydrogens is 266 g/mol. The van der Waals surface area contributed by atoms with Gasteiger partial charge in [-0.15, -0.1) is 0 Å². The molecule has 0 aliphatic carbocycles. The molecule has 5 nitrogen and oxygen atoms in total. The van der Waals surface area contributed by atoms with Crippen LogP contribution in [-0.2, 0) is 11.2 Å². The zero-order valence-corrected chi connectivity index (χ0v) is 12.0. The van der Waals surface area contributed by atoms with E-state index < -0.39 is 0 Å². The van der Waals surface area contributed by atoms with Gasteiger partial charge in [-0.25, -0.2) is 4.98 Å². The molecule has 3 rings (SSSR count). The number of morpholine rings is 1. The molecule has 108 valence electrons. The molecule has 1 atom stereocenters. The van der Waals surface area contributed by atoms with Crippen LogP contribution in [0.4, 0.5) is 5.82 Å². The van der Waals surface area contributed by atoms with E-state index >= 15 is 0 Å². The number of nitrogens with zero attached hydrogens (tertiary/aromatic N) is 3. The summed E-state index contributed by atoms with van der Waals surface area (Å²) in [6.45, 7) is 4.01. The predicted octanol–water partition coefficient (Wildman–Crippen LogP) is 2.69. The zero-order chi connectivity index (χ0) is 14.7. The molecule has 0 saturated carbocycles. The molecule has 2 aromatic rings. The summed E-state index contributed by atoms with van der Waals surface area (Å²) in [4.78, 5) is 6.53. The second-order valence-electron chi connectivity index (χ2n) is 4.93. The highest BCUT2D eigenvalue weighted by atomic mass is 16.5. The summed E-state index contributed by atoms with van der Waals surface area (Å²) in [6, 6.07) is 11.6. The van der Waals surface area contributed by atoms with Crippen LogP contribution >= 0.6 is 0 Å². The highest BCUT2D eigenvalue weighted by Crippen LogP contribution is 2.30. The average molecular weight is 283 g/mol. The van der Waals surface area contributed by atoms with E-state index in [1.54, 1.807) is 6.07 Å². The SMILES string of the molecule is CCc1ccc(C2COCCN2c2cccc(C#N)n2)o1. The van der Waals surface area contributed by atoms with Gasteiger partial charge in [-0.1, -0.05) is 13.0 Å². The normalized spacial score (nSPS) is 18.5. The van der Waals surface area contributed by atoms with E-state index in [-0.39, 0.29) is 6.04 Å². The van der Waals surface area contributed by atoms with Crippen molar-refractivity contribution in [3.63, 3.8) is 0 Å². The summed E-state index contributed by atoms with van der Waals surface area (Å²) in [7, 11) is 0. The first-order valence-electron chi connectivity index (χ1n) is 7.12. The van der Waals surface area contributed by atoms with E-state index in [9.17, 15) is 0 Å². The quantitative estimate of drug-likeness (QED) is 0.866. The largest absolute Gasteiger partial charge is 0.464 e. The van der Waals surface area contributed by atoms with Gasteiger partial charge in [0.15, 0.2) is 0 Å². The maximum atomic E-state index is 9.00. The number of aryl methyl sites for hydroxylation is 1. The molecular formula is C16H17N3O2. The Balaban J connectivity index is 1.92. The maximum absolute atomic E-state index is 9.00. The zero-order valence-electron chi connectivity index (χ0n) is 12.0. The van der Waals surface area contributed by atoms with Crippen molar-refractivity contribution >= 4 is 5.82 Å². The third kappa shape index (κ3) is 2.76. The lowest BCUT2D eigenvalue weighted by atomic mass is 10.1. The van der Waals surface area contributed by atoms with Crippen LogP contribution in [0.5, 0.6) is 0 Å². The monoisotopic (exact) mass is 283 g/mol. The minimum Gasteiger partial charge on any atom is -0.464 e. The molecule has 3 heterocycles. The Morgan fingerprint density at radius 1 is 1.38 bits per heavy atom. The van der Waals surface area contributed by atoms with Crippen LogP contribution in [-0.4, -0.2) is 24.7 Å². The van der Waals surface area contributed by atoms with Gasteiger partial charge in [-0.05, 0) is 24.3 Å². The number of nitriles is 1. The highest BCUT2D eigenvalue weighted by molar-refractivity contribution is 5.44. The summed E-state index contributed by atoms with van der Waals surface area (Å²) in [5.41, 5.74) is 0.423. The van der Waals surface area contributed by atoms with Crippen molar-refractivity contribution in [3.05, 3.63) is 47.5 Å². The Hall–Kier alpha value is -2.32. The number of hydrogen-bond acceptors (Lipinski definition) is 5. The third-order valence-corrected chi connectivity index (χ3v) is 3.63. The first-order valence-corrected chi connectivity index (χ1v) is 7.12. The van der Waals surface area contributed by atoms with E-state index in [0.717, 1.165) is 30.3 Å². The lowest BCUT2D eigenvalue weighted by molar-refractivity contribution is 0.0869. The standard InChI is InChI=1S/C16H17N3O2/c1-2-13-6-7-15(21-13)14-11-20-9-8-19(14)16-5-3-4-12(10-17)18-16/h3-7,14H,2,8-9,11H2,1H3. The fourth-order valence-electron chi connectivity index (χ4n) is 2.52. The van der Waals surface area contributed by atoms with Gasteiger partial charge in [0.1, 0.15) is 35.1 Å². The van der Waals surface area contributed by atoms with E-state index in [1.807, 2.05) is 24.3 Å². The van der Waals surface area contributed by atoms with Crippen LogP contribution < -0.4 is 4.90 Å². The maximum Gasteiger partial charge on any atom is 0.142 e. The van der Waals surface area contributed by atoms with Gasteiger partial charge in [-0.3, -0.25) is 0 Å². The molecule has 2 aromatic heterocycles. The molecule has 0 N–H and O–H groups in total. The van der Waals surface area contributed by atoms with Crippen LogP contribution in [0.25, 0.3) is 0 Å². The third-order valence-electron chi connectivity index (χ3n) is 3.63. The van der Waals surface area contributed by atoms with Gasteiger partial charge in [-0.2, -0.15) is 5.26 Å². The van der Waals surface area contributed by atoms with Gasteiger partial charge in [0.2, 0.25) is 0 Å². The first kappa shape index (κ1) is 13.7. The summed E-state index contributed by atoms with van der Waals surface area (Å²) in [5.74, 6) is 2.64. The van der Waals surface area contributed by atoms with Crippen molar-refractivity contribution < 1.29 is 9.15 Å². The van der Waals surface area contributed by atoms with Crippen LogP contribution in [0.15, 0.2) is 34.7 Å².